The second-order valence-electron chi connectivity index (χ2n) is 3.85. The fourth-order valence-corrected chi connectivity index (χ4v) is 2.63. The molecule has 2 aromatic carbocycles. The summed E-state index contributed by atoms with van der Waals surface area (Å²) in [7, 11) is 0. The van der Waals surface area contributed by atoms with Crippen molar-refractivity contribution in [2.24, 2.45) is 0 Å². The standard InChI is InChI=1S/C15H10O2S/c16-15(11-6-2-1-3-7-11)17-13-10-18-14-9-5-4-8-12(13)14/h1-10H. The third-order valence-electron chi connectivity index (χ3n) is 2.66. The summed E-state index contributed by atoms with van der Waals surface area (Å²) >= 11 is 1.57. The van der Waals surface area contributed by atoms with E-state index in [9.17, 15) is 4.79 Å². The van der Waals surface area contributed by atoms with E-state index in [1.165, 1.54) is 0 Å². The minimum Gasteiger partial charge on any atom is -0.421 e. The van der Waals surface area contributed by atoms with Gasteiger partial charge < -0.3 is 4.74 Å². The zero-order valence-corrected chi connectivity index (χ0v) is 10.3. The second-order valence-corrected chi connectivity index (χ2v) is 4.76. The summed E-state index contributed by atoms with van der Waals surface area (Å²) in [6, 6.07) is 16.9. The smallest absolute Gasteiger partial charge is 0.343 e. The van der Waals surface area contributed by atoms with Gasteiger partial charge in [0.25, 0.3) is 0 Å². The van der Waals surface area contributed by atoms with Crippen LogP contribution in [-0.4, -0.2) is 5.97 Å². The number of benzene rings is 2. The van der Waals surface area contributed by atoms with Crippen LogP contribution in [0, 0.1) is 0 Å². The molecule has 0 bridgehead atoms. The molecule has 0 aliphatic carbocycles. The van der Waals surface area contributed by atoms with Crippen LogP contribution in [0.25, 0.3) is 10.1 Å². The highest BCUT2D eigenvalue weighted by atomic mass is 32.1. The van der Waals surface area contributed by atoms with E-state index in [0.29, 0.717) is 11.3 Å². The number of esters is 1. The molecular formula is C15H10O2S. The molecule has 3 rings (SSSR count). The highest BCUT2D eigenvalue weighted by molar-refractivity contribution is 7.17. The van der Waals surface area contributed by atoms with Crippen LogP contribution in [0.5, 0.6) is 5.75 Å². The first-order chi connectivity index (χ1) is 8.84. The molecule has 0 aliphatic rings. The van der Waals surface area contributed by atoms with Crippen LogP contribution < -0.4 is 4.74 Å². The normalized spacial score (nSPS) is 10.4. The Balaban J connectivity index is 1.91. The van der Waals surface area contributed by atoms with Crippen LogP contribution in [0.2, 0.25) is 0 Å². The molecule has 0 fully saturated rings. The van der Waals surface area contributed by atoms with Crippen molar-refractivity contribution in [2.75, 3.05) is 0 Å². The van der Waals surface area contributed by atoms with E-state index < -0.39 is 0 Å². The van der Waals surface area contributed by atoms with Gasteiger partial charge in [-0.1, -0.05) is 30.3 Å². The fraction of sp³-hybridized carbons (Fsp3) is 0. The number of carbonyl (C=O) groups is 1. The van der Waals surface area contributed by atoms with Gasteiger partial charge in [-0.2, -0.15) is 0 Å². The molecule has 1 heterocycles. The van der Waals surface area contributed by atoms with Gasteiger partial charge >= 0.3 is 5.97 Å². The molecule has 0 spiro atoms. The van der Waals surface area contributed by atoms with Crippen LogP contribution in [0.1, 0.15) is 10.4 Å². The van der Waals surface area contributed by atoms with E-state index in [4.69, 9.17) is 4.74 Å². The molecule has 3 aromatic rings. The lowest BCUT2D eigenvalue weighted by molar-refractivity contribution is 0.0738. The van der Waals surface area contributed by atoms with Gasteiger partial charge in [-0.05, 0) is 24.3 Å². The van der Waals surface area contributed by atoms with Gasteiger partial charge in [-0.3, -0.25) is 0 Å². The largest absolute Gasteiger partial charge is 0.421 e. The molecule has 0 amide bonds. The maximum Gasteiger partial charge on any atom is 0.343 e. The third-order valence-corrected chi connectivity index (χ3v) is 3.60. The fourth-order valence-electron chi connectivity index (χ4n) is 1.77. The monoisotopic (exact) mass is 254 g/mol. The van der Waals surface area contributed by atoms with Crippen molar-refractivity contribution < 1.29 is 9.53 Å². The lowest BCUT2D eigenvalue weighted by atomic mass is 10.2. The Morgan fingerprint density at radius 2 is 1.67 bits per heavy atom. The Morgan fingerprint density at radius 3 is 2.50 bits per heavy atom. The Morgan fingerprint density at radius 1 is 0.944 bits per heavy atom. The summed E-state index contributed by atoms with van der Waals surface area (Å²) in [5, 5.41) is 2.85. The van der Waals surface area contributed by atoms with Crippen molar-refractivity contribution in [1.82, 2.24) is 0 Å². The number of thiophene rings is 1. The molecule has 18 heavy (non-hydrogen) atoms. The molecule has 88 valence electrons. The van der Waals surface area contributed by atoms with Crippen molar-refractivity contribution in [3.8, 4) is 5.75 Å². The zero-order valence-electron chi connectivity index (χ0n) is 9.50. The Kier molecular flexibility index (Phi) is 2.82. The predicted molar refractivity (Wildman–Crippen MR) is 73.2 cm³/mol. The summed E-state index contributed by atoms with van der Waals surface area (Å²) in [4.78, 5) is 11.9. The van der Waals surface area contributed by atoms with Crippen molar-refractivity contribution in [1.29, 1.82) is 0 Å². The second kappa shape index (κ2) is 4.63. The lowest BCUT2D eigenvalue weighted by Gasteiger charge is -2.02. The molecule has 0 unspecified atom stereocenters. The maximum absolute atomic E-state index is 11.9. The number of hydrogen-bond acceptors (Lipinski definition) is 3. The topological polar surface area (TPSA) is 26.3 Å². The van der Waals surface area contributed by atoms with Crippen molar-refractivity contribution in [3.63, 3.8) is 0 Å². The molecule has 0 saturated carbocycles. The average molecular weight is 254 g/mol. The van der Waals surface area contributed by atoms with Gasteiger partial charge in [-0.25, -0.2) is 4.79 Å². The van der Waals surface area contributed by atoms with Gasteiger partial charge in [0.2, 0.25) is 0 Å². The number of hydrogen-bond donors (Lipinski definition) is 0. The van der Waals surface area contributed by atoms with Crippen LogP contribution in [0.15, 0.2) is 60.0 Å². The average Bonchev–Trinajstić information content (AvgIpc) is 2.83. The summed E-state index contributed by atoms with van der Waals surface area (Å²) in [6.45, 7) is 0. The van der Waals surface area contributed by atoms with Crippen LogP contribution in [0.3, 0.4) is 0 Å². The van der Waals surface area contributed by atoms with Crippen molar-refractivity contribution in [2.45, 2.75) is 0 Å². The molecule has 0 aliphatic heterocycles. The van der Waals surface area contributed by atoms with Crippen LogP contribution >= 0.6 is 11.3 Å². The molecule has 0 radical (unpaired) electrons. The molecule has 0 saturated heterocycles. The quantitative estimate of drug-likeness (QED) is 0.643. The Hall–Kier alpha value is -2.13. The van der Waals surface area contributed by atoms with Gasteiger partial charge in [0.15, 0.2) is 0 Å². The van der Waals surface area contributed by atoms with Crippen LogP contribution in [0.4, 0.5) is 0 Å². The predicted octanol–water partition coefficient (Wildman–Crippen LogP) is 4.12. The number of fused-ring (bicyclic) bond motifs is 1. The minimum atomic E-state index is -0.320. The van der Waals surface area contributed by atoms with Crippen molar-refractivity contribution >= 4 is 27.4 Å². The summed E-state index contributed by atoms with van der Waals surface area (Å²) in [5.74, 6) is 0.309. The van der Waals surface area contributed by atoms with E-state index in [-0.39, 0.29) is 5.97 Å². The SMILES string of the molecule is O=C(Oc1csc2ccccc12)c1ccccc1. The molecule has 0 atom stereocenters. The third kappa shape index (κ3) is 2.00. The van der Waals surface area contributed by atoms with Gasteiger partial charge in [0, 0.05) is 15.5 Å². The first kappa shape index (κ1) is 11.0. The summed E-state index contributed by atoms with van der Waals surface area (Å²) in [6.07, 6.45) is 0. The Bertz CT molecular complexity index is 686. The highest BCUT2D eigenvalue weighted by Crippen LogP contribution is 2.32. The first-order valence-corrected chi connectivity index (χ1v) is 6.46. The highest BCUT2D eigenvalue weighted by Gasteiger charge is 2.11. The lowest BCUT2D eigenvalue weighted by Crippen LogP contribution is -2.07. The van der Waals surface area contributed by atoms with E-state index in [1.54, 1.807) is 23.5 Å². The molecule has 1 aromatic heterocycles. The number of rotatable bonds is 2. The summed E-state index contributed by atoms with van der Waals surface area (Å²) < 4.78 is 6.54. The summed E-state index contributed by atoms with van der Waals surface area (Å²) in [5.41, 5.74) is 0.563. The molecular weight excluding hydrogens is 244 g/mol. The van der Waals surface area contributed by atoms with E-state index >= 15 is 0 Å². The van der Waals surface area contributed by atoms with Crippen LogP contribution in [-0.2, 0) is 0 Å². The van der Waals surface area contributed by atoms with Gasteiger partial charge in [0.05, 0.1) is 5.56 Å². The number of carbonyl (C=O) groups excluding carboxylic acids is 1. The van der Waals surface area contributed by atoms with Gasteiger partial charge in [0.1, 0.15) is 5.75 Å². The maximum atomic E-state index is 11.9. The Labute approximate surface area is 108 Å². The van der Waals surface area contributed by atoms with Gasteiger partial charge in [-0.15, -0.1) is 11.3 Å². The molecule has 2 nitrogen and oxygen atoms in total. The van der Waals surface area contributed by atoms with E-state index in [2.05, 4.69) is 0 Å². The molecule has 3 heteroatoms. The number of ether oxygens (including phenoxy) is 1. The minimum absolute atomic E-state index is 0.320. The zero-order chi connectivity index (χ0) is 12.4. The van der Waals surface area contributed by atoms with E-state index in [0.717, 1.165) is 10.1 Å². The van der Waals surface area contributed by atoms with Crippen molar-refractivity contribution in [3.05, 3.63) is 65.5 Å². The first-order valence-electron chi connectivity index (χ1n) is 5.58. The van der Waals surface area contributed by atoms with E-state index in [1.807, 2.05) is 47.8 Å². The molecule has 0 N–H and O–H groups in total.